The smallest absolute Gasteiger partial charge is 0.238 e. The highest BCUT2D eigenvalue weighted by Gasteiger charge is 2.27. The van der Waals surface area contributed by atoms with Crippen molar-refractivity contribution in [1.29, 1.82) is 0 Å². The van der Waals surface area contributed by atoms with Crippen LogP contribution in [-0.2, 0) is 19.8 Å². The molecule has 1 aliphatic heterocycles. The van der Waals surface area contributed by atoms with Crippen molar-refractivity contribution < 1.29 is 17.9 Å². The van der Waals surface area contributed by atoms with E-state index in [-0.39, 0.29) is 10.8 Å². The topological polar surface area (TPSA) is 77.3 Å². The van der Waals surface area contributed by atoms with E-state index >= 15 is 0 Å². The van der Waals surface area contributed by atoms with Gasteiger partial charge in [-0.2, -0.15) is 13.4 Å². The maximum Gasteiger partial charge on any atom is 0.238 e. The predicted octanol–water partition coefficient (Wildman–Crippen LogP) is -0.513. The predicted molar refractivity (Wildman–Crippen MR) is 52.3 cm³/mol. The SMILES string of the molecule is COC1=NC(C)=N[C@@H](OC)C1=S(=O)=O. The molecule has 0 aromatic heterocycles. The number of rotatable bonds is 1. The fourth-order valence-electron chi connectivity index (χ4n) is 1.02. The van der Waals surface area contributed by atoms with Crippen LogP contribution in [0, 0.1) is 0 Å². The Morgan fingerprint density at radius 1 is 1.36 bits per heavy atom. The molecular weight excluding hydrogens is 208 g/mol. The van der Waals surface area contributed by atoms with Gasteiger partial charge in [0.1, 0.15) is 5.84 Å². The summed E-state index contributed by atoms with van der Waals surface area (Å²) < 4.78 is 31.4. The van der Waals surface area contributed by atoms with E-state index in [0.717, 1.165) is 0 Å². The average Bonchev–Trinajstić information content (AvgIpc) is 2.15. The van der Waals surface area contributed by atoms with Gasteiger partial charge < -0.3 is 9.47 Å². The standard InChI is InChI=1S/C7H10N2O4S/c1-4-8-6(12-2)5(14(10)11)7(9-4)13-3/h6H,1-3H3/t6-/m0/s1. The summed E-state index contributed by atoms with van der Waals surface area (Å²) in [5.74, 6) is 0.445. The number of amidine groups is 1. The Bertz CT molecular complexity index is 413. The van der Waals surface area contributed by atoms with Gasteiger partial charge in [-0.1, -0.05) is 0 Å². The number of aliphatic imine (C=N–C) groups is 2. The number of nitrogens with zero attached hydrogens (tertiary/aromatic N) is 2. The van der Waals surface area contributed by atoms with Gasteiger partial charge in [-0.05, 0) is 6.92 Å². The van der Waals surface area contributed by atoms with Crippen LogP contribution in [0.4, 0.5) is 0 Å². The summed E-state index contributed by atoms with van der Waals surface area (Å²) in [7, 11) is 0.264. The van der Waals surface area contributed by atoms with Gasteiger partial charge in [0, 0.05) is 7.11 Å². The van der Waals surface area contributed by atoms with E-state index in [2.05, 4.69) is 9.98 Å². The molecule has 0 bridgehead atoms. The minimum atomic E-state index is -2.45. The fraction of sp³-hybridized carbons (Fsp3) is 0.571. The maximum absolute atomic E-state index is 10.9. The average molecular weight is 218 g/mol. The van der Waals surface area contributed by atoms with Crippen LogP contribution in [0.25, 0.3) is 0 Å². The van der Waals surface area contributed by atoms with Crippen LogP contribution in [0.1, 0.15) is 6.92 Å². The van der Waals surface area contributed by atoms with Gasteiger partial charge in [0.25, 0.3) is 0 Å². The maximum atomic E-state index is 10.9. The van der Waals surface area contributed by atoms with Crippen LogP contribution >= 0.6 is 0 Å². The largest absolute Gasteiger partial charge is 0.480 e. The second-order valence-corrected chi connectivity index (χ2v) is 3.39. The number of ether oxygens (including phenoxy) is 2. The summed E-state index contributed by atoms with van der Waals surface area (Å²) in [5, 5.41) is 0. The minimum Gasteiger partial charge on any atom is -0.480 e. The first-order valence-corrected chi connectivity index (χ1v) is 4.84. The monoisotopic (exact) mass is 218 g/mol. The van der Waals surface area contributed by atoms with Crippen molar-refractivity contribution in [3.05, 3.63) is 0 Å². The Morgan fingerprint density at radius 2 is 2.00 bits per heavy atom. The molecule has 1 aliphatic rings. The van der Waals surface area contributed by atoms with E-state index in [1.54, 1.807) is 6.92 Å². The molecule has 0 saturated heterocycles. The lowest BCUT2D eigenvalue weighted by Gasteiger charge is -2.16. The van der Waals surface area contributed by atoms with Crippen LogP contribution in [0.5, 0.6) is 0 Å². The fourth-order valence-corrected chi connectivity index (χ4v) is 1.61. The van der Waals surface area contributed by atoms with Crippen LogP contribution < -0.4 is 0 Å². The first-order valence-electron chi connectivity index (χ1n) is 3.76. The summed E-state index contributed by atoms with van der Waals surface area (Å²) in [6.45, 7) is 1.63. The third kappa shape index (κ3) is 1.99. The van der Waals surface area contributed by atoms with Gasteiger partial charge in [-0.15, -0.1) is 0 Å². The zero-order valence-corrected chi connectivity index (χ0v) is 8.83. The van der Waals surface area contributed by atoms with Crippen LogP contribution in [0.2, 0.25) is 0 Å². The van der Waals surface area contributed by atoms with Crippen molar-refractivity contribution in [2.75, 3.05) is 14.2 Å². The molecule has 1 rings (SSSR count). The van der Waals surface area contributed by atoms with Crippen LogP contribution in [0.3, 0.4) is 0 Å². The van der Waals surface area contributed by atoms with E-state index < -0.39 is 16.5 Å². The van der Waals surface area contributed by atoms with Crippen LogP contribution in [0.15, 0.2) is 9.98 Å². The molecule has 0 aliphatic carbocycles. The molecule has 1 atom stereocenters. The third-order valence-electron chi connectivity index (χ3n) is 1.60. The second kappa shape index (κ2) is 4.34. The molecule has 6 nitrogen and oxygen atoms in total. The van der Waals surface area contributed by atoms with E-state index in [0.29, 0.717) is 5.84 Å². The zero-order valence-electron chi connectivity index (χ0n) is 8.01. The van der Waals surface area contributed by atoms with Crippen molar-refractivity contribution in [3.8, 4) is 0 Å². The molecule has 0 N–H and O–H groups in total. The summed E-state index contributed by atoms with van der Waals surface area (Å²) in [5.41, 5.74) is 0. The molecule has 0 amide bonds. The van der Waals surface area contributed by atoms with Gasteiger partial charge >= 0.3 is 0 Å². The Kier molecular flexibility index (Phi) is 3.37. The van der Waals surface area contributed by atoms with Crippen LogP contribution in [-0.4, -0.2) is 45.5 Å². The first kappa shape index (κ1) is 10.9. The number of hydrogen-bond acceptors (Lipinski definition) is 6. The molecule has 0 aromatic carbocycles. The second-order valence-electron chi connectivity index (χ2n) is 2.48. The van der Waals surface area contributed by atoms with Gasteiger partial charge in [0.05, 0.1) is 7.11 Å². The van der Waals surface area contributed by atoms with Crippen molar-refractivity contribution in [3.63, 3.8) is 0 Å². The van der Waals surface area contributed by atoms with Crippen molar-refractivity contribution in [1.82, 2.24) is 0 Å². The molecule has 0 aromatic rings. The number of methoxy groups -OCH3 is 2. The Morgan fingerprint density at radius 3 is 2.43 bits per heavy atom. The molecule has 1 heterocycles. The van der Waals surface area contributed by atoms with Gasteiger partial charge in [0.2, 0.25) is 16.2 Å². The zero-order chi connectivity index (χ0) is 10.7. The summed E-state index contributed by atoms with van der Waals surface area (Å²) in [6.07, 6.45) is -0.860. The molecule has 0 spiro atoms. The molecule has 14 heavy (non-hydrogen) atoms. The first-order chi connectivity index (χ1) is 6.60. The highest BCUT2D eigenvalue weighted by Crippen LogP contribution is 2.06. The third-order valence-corrected chi connectivity index (χ3v) is 2.33. The van der Waals surface area contributed by atoms with E-state index in [9.17, 15) is 8.42 Å². The molecule has 0 saturated carbocycles. The van der Waals surface area contributed by atoms with E-state index in [1.165, 1.54) is 14.2 Å². The Balaban J connectivity index is 3.29. The van der Waals surface area contributed by atoms with E-state index in [4.69, 9.17) is 9.47 Å². The molecular formula is C7H10N2O4S. The van der Waals surface area contributed by atoms with Gasteiger partial charge in [-0.25, -0.2) is 4.99 Å². The van der Waals surface area contributed by atoms with E-state index in [1.807, 2.05) is 0 Å². The quantitative estimate of drug-likeness (QED) is 0.555. The highest BCUT2D eigenvalue weighted by atomic mass is 32.2. The Labute approximate surface area is 82.8 Å². The Hall–Kier alpha value is -1.21. The van der Waals surface area contributed by atoms with Gasteiger partial charge in [0.15, 0.2) is 11.1 Å². The number of hydrogen-bond donors (Lipinski definition) is 0. The van der Waals surface area contributed by atoms with Crippen molar-refractivity contribution in [2.45, 2.75) is 13.2 Å². The minimum absolute atomic E-state index is 0.0256. The lowest BCUT2D eigenvalue weighted by molar-refractivity contribution is 0.164. The summed E-state index contributed by atoms with van der Waals surface area (Å²) >= 11 is 0. The highest BCUT2D eigenvalue weighted by molar-refractivity contribution is 7.75. The molecule has 0 radical (unpaired) electrons. The van der Waals surface area contributed by atoms with Gasteiger partial charge in [-0.3, -0.25) is 0 Å². The summed E-state index contributed by atoms with van der Waals surface area (Å²) in [4.78, 5) is 7.65. The lowest BCUT2D eigenvalue weighted by Crippen LogP contribution is -2.35. The summed E-state index contributed by atoms with van der Waals surface area (Å²) in [6, 6.07) is 0. The lowest BCUT2D eigenvalue weighted by atomic mass is 10.3. The van der Waals surface area contributed by atoms with Crippen molar-refractivity contribution >= 4 is 26.9 Å². The molecule has 0 unspecified atom stereocenters. The molecule has 7 heteroatoms. The molecule has 0 fully saturated rings. The molecule has 78 valence electrons. The van der Waals surface area contributed by atoms with Crippen molar-refractivity contribution in [2.24, 2.45) is 9.98 Å². The normalized spacial score (nSPS) is 21.4.